The average molecular weight is 178 g/mol. The molecule has 0 spiro atoms. The van der Waals surface area contributed by atoms with Gasteiger partial charge in [0.25, 0.3) is 0 Å². The van der Waals surface area contributed by atoms with Crippen molar-refractivity contribution >= 4 is 11.3 Å². The van der Waals surface area contributed by atoms with Gasteiger partial charge in [0, 0.05) is 18.9 Å². The Labute approximate surface area is 75.5 Å². The van der Waals surface area contributed by atoms with Crippen molar-refractivity contribution in [2.45, 2.75) is 13.0 Å². The van der Waals surface area contributed by atoms with Crippen LogP contribution >= 0.6 is 11.3 Å². The topological polar surface area (TPSA) is 17.8 Å². The van der Waals surface area contributed by atoms with E-state index in [0.29, 0.717) is 0 Å². The van der Waals surface area contributed by atoms with E-state index in [4.69, 9.17) is 0 Å². The first-order chi connectivity index (χ1) is 5.95. The molecule has 0 aliphatic rings. The van der Waals surface area contributed by atoms with Crippen molar-refractivity contribution in [2.24, 2.45) is 0 Å². The quantitative estimate of drug-likeness (QED) is 0.704. The van der Waals surface area contributed by atoms with Crippen molar-refractivity contribution in [1.82, 2.24) is 9.55 Å². The SMILES string of the molecule is c1cn(CCc2ccsc2)cn1. The van der Waals surface area contributed by atoms with Crippen LogP contribution < -0.4 is 0 Å². The van der Waals surface area contributed by atoms with E-state index in [1.54, 1.807) is 11.3 Å². The van der Waals surface area contributed by atoms with E-state index in [-0.39, 0.29) is 0 Å². The molecule has 12 heavy (non-hydrogen) atoms. The predicted octanol–water partition coefficient (Wildman–Crippen LogP) is 2.19. The maximum atomic E-state index is 3.99. The standard InChI is InChI=1S/C9H10N2S/c1(9-2-6-12-7-9)4-11-5-3-10-8-11/h2-3,5-8H,1,4H2. The molecule has 0 fully saturated rings. The maximum Gasteiger partial charge on any atom is 0.0946 e. The van der Waals surface area contributed by atoms with Gasteiger partial charge in [-0.3, -0.25) is 0 Å². The number of imidazole rings is 1. The lowest BCUT2D eigenvalue weighted by Crippen LogP contribution is -1.96. The van der Waals surface area contributed by atoms with Crippen LogP contribution in [0.4, 0.5) is 0 Å². The molecule has 2 heterocycles. The smallest absolute Gasteiger partial charge is 0.0946 e. The van der Waals surface area contributed by atoms with Gasteiger partial charge in [-0.25, -0.2) is 4.98 Å². The number of aromatic nitrogens is 2. The summed E-state index contributed by atoms with van der Waals surface area (Å²) in [6.07, 6.45) is 6.76. The van der Waals surface area contributed by atoms with Crippen LogP contribution in [0.5, 0.6) is 0 Å². The zero-order valence-corrected chi connectivity index (χ0v) is 7.50. The highest BCUT2D eigenvalue weighted by atomic mass is 32.1. The summed E-state index contributed by atoms with van der Waals surface area (Å²) in [7, 11) is 0. The van der Waals surface area contributed by atoms with Crippen LogP contribution in [0.1, 0.15) is 5.56 Å². The molecule has 0 bridgehead atoms. The fourth-order valence-corrected chi connectivity index (χ4v) is 1.82. The highest BCUT2D eigenvalue weighted by Crippen LogP contribution is 2.07. The number of aryl methyl sites for hydroxylation is 2. The van der Waals surface area contributed by atoms with Gasteiger partial charge in [0.1, 0.15) is 0 Å². The lowest BCUT2D eigenvalue weighted by atomic mass is 10.2. The summed E-state index contributed by atoms with van der Waals surface area (Å²) in [5, 5.41) is 4.31. The summed E-state index contributed by atoms with van der Waals surface area (Å²) < 4.78 is 2.09. The zero-order chi connectivity index (χ0) is 8.23. The molecule has 2 aromatic rings. The van der Waals surface area contributed by atoms with E-state index < -0.39 is 0 Å². The van der Waals surface area contributed by atoms with Crippen LogP contribution in [0, 0.1) is 0 Å². The lowest BCUT2D eigenvalue weighted by molar-refractivity contribution is 0.697. The van der Waals surface area contributed by atoms with Gasteiger partial charge in [-0.2, -0.15) is 11.3 Å². The van der Waals surface area contributed by atoms with E-state index >= 15 is 0 Å². The monoisotopic (exact) mass is 178 g/mol. The summed E-state index contributed by atoms with van der Waals surface area (Å²) in [5.41, 5.74) is 1.41. The number of hydrogen-bond donors (Lipinski definition) is 0. The minimum atomic E-state index is 1.02. The molecule has 2 nitrogen and oxygen atoms in total. The average Bonchev–Trinajstić information content (AvgIpc) is 2.74. The third-order valence-electron chi connectivity index (χ3n) is 1.80. The van der Waals surface area contributed by atoms with Gasteiger partial charge in [0.15, 0.2) is 0 Å². The third kappa shape index (κ3) is 1.74. The molecule has 2 aromatic heterocycles. The fraction of sp³-hybridized carbons (Fsp3) is 0.222. The van der Waals surface area contributed by atoms with Crippen LogP contribution in [0.3, 0.4) is 0 Å². The predicted molar refractivity (Wildman–Crippen MR) is 50.3 cm³/mol. The highest BCUT2D eigenvalue weighted by Gasteiger charge is 1.93. The molecule has 0 aliphatic heterocycles. The van der Waals surface area contributed by atoms with Gasteiger partial charge in [-0.05, 0) is 28.8 Å². The van der Waals surface area contributed by atoms with Crippen LogP contribution in [-0.2, 0) is 13.0 Å². The molecule has 0 aliphatic carbocycles. The molecule has 62 valence electrons. The van der Waals surface area contributed by atoms with Gasteiger partial charge in [-0.1, -0.05) is 0 Å². The number of thiophene rings is 1. The fourth-order valence-electron chi connectivity index (χ4n) is 1.11. The second kappa shape index (κ2) is 3.54. The van der Waals surface area contributed by atoms with E-state index in [9.17, 15) is 0 Å². The number of nitrogens with zero attached hydrogens (tertiary/aromatic N) is 2. The van der Waals surface area contributed by atoms with Gasteiger partial charge < -0.3 is 4.57 Å². The van der Waals surface area contributed by atoms with Crippen LogP contribution in [-0.4, -0.2) is 9.55 Å². The summed E-state index contributed by atoms with van der Waals surface area (Å²) in [5.74, 6) is 0. The van der Waals surface area contributed by atoms with E-state index in [2.05, 4.69) is 26.4 Å². The molecule has 0 aromatic carbocycles. The van der Waals surface area contributed by atoms with Crippen LogP contribution in [0.2, 0.25) is 0 Å². The number of hydrogen-bond acceptors (Lipinski definition) is 2. The second-order valence-corrected chi connectivity index (χ2v) is 3.46. The van der Waals surface area contributed by atoms with Gasteiger partial charge in [0.2, 0.25) is 0 Å². The molecule has 2 rings (SSSR count). The lowest BCUT2D eigenvalue weighted by Gasteiger charge is -1.98. The molecule has 0 unspecified atom stereocenters. The van der Waals surface area contributed by atoms with Crippen molar-refractivity contribution in [2.75, 3.05) is 0 Å². The van der Waals surface area contributed by atoms with Crippen molar-refractivity contribution in [3.63, 3.8) is 0 Å². The number of rotatable bonds is 3. The van der Waals surface area contributed by atoms with Crippen LogP contribution in [0.25, 0.3) is 0 Å². The zero-order valence-electron chi connectivity index (χ0n) is 6.68. The Morgan fingerprint density at radius 1 is 1.50 bits per heavy atom. The Bertz CT molecular complexity index is 276. The van der Waals surface area contributed by atoms with Crippen molar-refractivity contribution in [1.29, 1.82) is 0 Å². The largest absolute Gasteiger partial charge is 0.337 e. The molecule has 0 N–H and O–H groups in total. The van der Waals surface area contributed by atoms with Crippen molar-refractivity contribution < 1.29 is 0 Å². The van der Waals surface area contributed by atoms with E-state index in [1.165, 1.54) is 5.56 Å². The Balaban J connectivity index is 1.91. The Morgan fingerprint density at radius 3 is 3.17 bits per heavy atom. The minimum Gasteiger partial charge on any atom is -0.337 e. The molecule has 0 amide bonds. The Morgan fingerprint density at radius 2 is 2.50 bits per heavy atom. The summed E-state index contributed by atoms with van der Waals surface area (Å²) in [6.45, 7) is 1.02. The molecule has 0 radical (unpaired) electrons. The first-order valence-electron chi connectivity index (χ1n) is 3.92. The summed E-state index contributed by atoms with van der Waals surface area (Å²) >= 11 is 1.75. The van der Waals surface area contributed by atoms with Crippen LogP contribution in [0.15, 0.2) is 35.5 Å². The first-order valence-corrected chi connectivity index (χ1v) is 4.86. The van der Waals surface area contributed by atoms with E-state index in [0.717, 1.165) is 13.0 Å². The normalized spacial score (nSPS) is 10.3. The molecular weight excluding hydrogens is 168 g/mol. The Kier molecular flexibility index (Phi) is 2.23. The van der Waals surface area contributed by atoms with E-state index in [1.807, 2.05) is 18.7 Å². The molecule has 0 saturated heterocycles. The summed E-state index contributed by atoms with van der Waals surface area (Å²) in [4.78, 5) is 3.99. The van der Waals surface area contributed by atoms with Gasteiger partial charge in [-0.15, -0.1) is 0 Å². The third-order valence-corrected chi connectivity index (χ3v) is 2.53. The highest BCUT2D eigenvalue weighted by molar-refractivity contribution is 7.07. The molecule has 0 saturated carbocycles. The van der Waals surface area contributed by atoms with Gasteiger partial charge >= 0.3 is 0 Å². The minimum absolute atomic E-state index is 1.02. The van der Waals surface area contributed by atoms with Crippen molar-refractivity contribution in [3.05, 3.63) is 41.1 Å². The second-order valence-electron chi connectivity index (χ2n) is 2.68. The molecular formula is C9H10N2S. The Hall–Kier alpha value is -1.09. The first kappa shape index (κ1) is 7.55. The molecule has 3 heteroatoms. The summed E-state index contributed by atoms with van der Waals surface area (Å²) in [6, 6.07) is 2.17. The van der Waals surface area contributed by atoms with Gasteiger partial charge in [0.05, 0.1) is 6.33 Å². The maximum absolute atomic E-state index is 3.99. The van der Waals surface area contributed by atoms with Crippen molar-refractivity contribution in [3.8, 4) is 0 Å². The molecule has 0 atom stereocenters.